The summed E-state index contributed by atoms with van der Waals surface area (Å²) >= 11 is 3.34. The van der Waals surface area contributed by atoms with Crippen molar-refractivity contribution in [3.63, 3.8) is 0 Å². The number of esters is 1. The van der Waals surface area contributed by atoms with E-state index < -0.39 is 6.04 Å². The molecule has 4 aromatic carbocycles. The molecule has 0 N–H and O–H groups in total. The number of carbonyl (C=O) groups is 1. The van der Waals surface area contributed by atoms with Gasteiger partial charge < -0.3 is 0 Å². The summed E-state index contributed by atoms with van der Waals surface area (Å²) in [6, 6.07) is 41.6. The van der Waals surface area contributed by atoms with Gasteiger partial charge in [0.2, 0.25) is 0 Å². The van der Waals surface area contributed by atoms with E-state index in [0.29, 0.717) is 38.0 Å². The first kappa shape index (κ1) is 36.0. The Kier molecular flexibility index (Phi) is 13.0. The Bertz CT molecular complexity index is 1520. The predicted octanol–water partition coefficient (Wildman–Crippen LogP) is 9.27. The van der Waals surface area contributed by atoms with Crippen molar-refractivity contribution in [1.29, 1.82) is 0 Å². The Morgan fingerprint density at radius 1 is 0.812 bits per heavy atom. The maximum atomic E-state index is 14.2. The van der Waals surface area contributed by atoms with Crippen molar-refractivity contribution in [1.82, 2.24) is 4.90 Å². The van der Waals surface area contributed by atoms with Crippen LogP contribution >= 0.6 is 0 Å². The standard InChI is InChI=1S/C43H51NO3.Cr/c1-5-46-42(45)41(44(31-34-18-10-6-11-19-34)32-35-20-12-7-13-21-35)38(36-22-14-8-15-23-36)28-29-47-40-30-33(2)26-27-39(40)43(3,4)37-24-16-9-17-25-37;/h6-25,33,38-41H,5,26-28,30-32H2,1-4H3;/t33-,38+,39-,40-,41+;/m1./s1. The summed E-state index contributed by atoms with van der Waals surface area (Å²) in [5.74, 6) is 0.550. The van der Waals surface area contributed by atoms with Crippen LogP contribution in [0.3, 0.4) is 0 Å². The zero-order valence-corrected chi connectivity index (χ0v) is 30.2. The van der Waals surface area contributed by atoms with E-state index in [2.05, 4.69) is 145 Å². The first-order chi connectivity index (χ1) is 23.3. The molecule has 0 unspecified atom stereocenters. The minimum atomic E-state index is -0.540. The second-order valence-electron chi connectivity index (χ2n) is 13.9. The molecule has 4 nitrogen and oxygen atoms in total. The molecule has 1 aliphatic rings. The number of ether oxygens (including phenoxy) is 2. The molecule has 0 spiro atoms. The number of rotatable bonds is 15. The Hall–Kier alpha value is -3.33. The molecule has 0 amide bonds. The number of carbonyl (C=O) groups excluding carboxylic acids is 1. The molecular weight excluding hydrogens is 630 g/mol. The summed E-state index contributed by atoms with van der Waals surface area (Å²) in [4.78, 5) is 16.5. The molecule has 0 saturated heterocycles. The fourth-order valence-corrected chi connectivity index (χ4v) is 8.03. The van der Waals surface area contributed by atoms with Gasteiger partial charge in [0.15, 0.2) is 0 Å². The molecule has 0 aromatic heterocycles. The zero-order chi connectivity index (χ0) is 33.9. The van der Waals surface area contributed by atoms with Crippen molar-refractivity contribution >= 4 is 10.5 Å². The van der Waals surface area contributed by atoms with Crippen molar-refractivity contribution < 1.29 is 30.1 Å². The van der Waals surface area contributed by atoms with Gasteiger partial charge in [-0.2, -0.15) is 0 Å². The van der Waals surface area contributed by atoms with Crippen LogP contribution in [-0.4, -0.2) is 34.2 Å². The summed E-state index contributed by atoms with van der Waals surface area (Å²) < 4.78 is 13.8. The first-order valence-electron chi connectivity index (χ1n) is 17.5. The van der Waals surface area contributed by atoms with Gasteiger partial charge in [-0.25, -0.2) is 0 Å². The van der Waals surface area contributed by atoms with Crippen LogP contribution in [0.25, 0.3) is 0 Å². The van der Waals surface area contributed by atoms with Gasteiger partial charge in [0.05, 0.1) is 0 Å². The van der Waals surface area contributed by atoms with Gasteiger partial charge in [0.25, 0.3) is 0 Å². The summed E-state index contributed by atoms with van der Waals surface area (Å²) in [7, 11) is 0. The third-order valence-corrected chi connectivity index (χ3v) is 10.6. The molecule has 0 aliphatic heterocycles. The van der Waals surface area contributed by atoms with E-state index in [-0.39, 0.29) is 23.4 Å². The molecule has 4 aromatic rings. The van der Waals surface area contributed by atoms with Crippen LogP contribution in [0.15, 0.2) is 121 Å². The SMILES string of the molecule is CCOC(=O)[C@H]([C@@H](C[C](=[Cr])O[C@@H]1C[C@H](C)CC[C@H]1C(C)(C)c1ccccc1)c1ccccc1)N(Cc1ccccc1)Cc1ccccc1. The van der Waals surface area contributed by atoms with Crippen molar-refractivity contribution in [2.45, 2.75) is 89.9 Å². The van der Waals surface area contributed by atoms with Crippen LogP contribution in [0.5, 0.6) is 0 Å². The molecule has 48 heavy (non-hydrogen) atoms. The van der Waals surface area contributed by atoms with Crippen LogP contribution < -0.4 is 0 Å². The summed E-state index contributed by atoms with van der Waals surface area (Å²) in [5, 5.41) is 0. The van der Waals surface area contributed by atoms with Crippen LogP contribution in [0.4, 0.5) is 0 Å². The molecule has 0 radical (unpaired) electrons. The van der Waals surface area contributed by atoms with E-state index in [1.807, 2.05) is 25.1 Å². The Balaban J connectivity index is 1.49. The molecular formula is C43H51CrNO3. The van der Waals surface area contributed by atoms with Crippen LogP contribution in [0.2, 0.25) is 0 Å². The molecule has 1 fully saturated rings. The number of nitrogens with zero attached hydrogens (tertiary/aromatic N) is 1. The molecule has 5 atom stereocenters. The topological polar surface area (TPSA) is 38.8 Å². The number of hydrogen-bond acceptors (Lipinski definition) is 4. The van der Waals surface area contributed by atoms with Gasteiger partial charge >= 0.3 is 298 Å². The maximum absolute atomic E-state index is 14.2. The molecule has 252 valence electrons. The molecule has 1 aliphatic carbocycles. The predicted molar refractivity (Wildman–Crippen MR) is 192 cm³/mol. The fraction of sp³-hybridized carbons (Fsp3) is 0.395. The van der Waals surface area contributed by atoms with E-state index in [1.165, 1.54) is 12.0 Å². The number of benzene rings is 4. The third kappa shape index (κ3) is 9.42. The van der Waals surface area contributed by atoms with Gasteiger partial charge in [-0.05, 0) is 0 Å². The van der Waals surface area contributed by atoms with Crippen molar-refractivity contribution in [2.24, 2.45) is 11.8 Å². The third-order valence-electron chi connectivity index (χ3n) is 10.2. The molecule has 1 saturated carbocycles. The molecule has 0 bridgehead atoms. The fourth-order valence-electron chi connectivity index (χ4n) is 7.56. The van der Waals surface area contributed by atoms with E-state index in [4.69, 9.17) is 9.47 Å². The second-order valence-corrected chi connectivity index (χ2v) is 14.6. The monoisotopic (exact) mass is 681 g/mol. The van der Waals surface area contributed by atoms with E-state index >= 15 is 0 Å². The Morgan fingerprint density at radius 2 is 1.33 bits per heavy atom. The summed E-state index contributed by atoms with van der Waals surface area (Å²) in [6.07, 6.45) is 3.97. The van der Waals surface area contributed by atoms with Gasteiger partial charge in [-0.3, -0.25) is 0 Å². The molecule has 0 heterocycles. The normalized spacial score (nSPS) is 19.4. The second kappa shape index (κ2) is 17.4. The summed E-state index contributed by atoms with van der Waals surface area (Å²) in [5.41, 5.74) is 4.71. The van der Waals surface area contributed by atoms with Crippen LogP contribution in [0.1, 0.15) is 81.5 Å². The average molecular weight is 682 g/mol. The summed E-state index contributed by atoms with van der Waals surface area (Å²) in [6.45, 7) is 10.5. The van der Waals surface area contributed by atoms with Crippen molar-refractivity contribution in [3.8, 4) is 0 Å². The van der Waals surface area contributed by atoms with E-state index in [0.717, 1.165) is 34.1 Å². The zero-order valence-electron chi connectivity index (χ0n) is 29.0. The van der Waals surface area contributed by atoms with E-state index in [1.54, 1.807) is 0 Å². The quantitative estimate of drug-likeness (QED) is 0.117. The van der Waals surface area contributed by atoms with Crippen molar-refractivity contribution in [3.05, 3.63) is 144 Å². The van der Waals surface area contributed by atoms with Gasteiger partial charge in [-0.15, -0.1) is 0 Å². The Morgan fingerprint density at radius 3 is 1.88 bits per heavy atom. The molecule has 5 rings (SSSR count). The Labute approximate surface area is 296 Å². The minimum absolute atomic E-state index is 0.0409. The van der Waals surface area contributed by atoms with Crippen LogP contribution in [-0.2, 0) is 48.6 Å². The van der Waals surface area contributed by atoms with Gasteiger partial charge in [0, 0.05) is 0 Å². The van der Waals surface area contributed by atoms with Crippen molar-refractivity contribution in [2.75, 3.05) is 6.61 Å². The molecule has 5 heteroatoms. The average Bonchev–Trinajstić information content (AvgIpc) is 3.09. The van der Waals surface area contributed by atoms with E-state index in [9.17, 15) is 4.79 Å². The number of hydrogen-bond donors (Lipinski definition) is 0. The van der Waals surface area contributed by atoms with Gasteiger partial charge in [0.1, 0.15) is 0 Å². The van der Waals surface area contributed by atoms with Gasteiger partial charge in [-0.1, -0.05) is 0 Å². The first-order valence-corrected chi connectivity index (χ1v) is 18.2. The van der Waals surface area contributed by atoms with Crippen LogP contribution in [0, 0.1) is 11.8 Å².